The number of carbonyl (C=O) groups is 1. The predicted octanol–water partition coefficient (Wildman–Crippen LogP) is 5.13. The molecule has 0 fully saturated rings. The molecule has 9 nitrogen and oxygen atoms in total. The summed E-state index contributed by atoms with van der Waals surface area (Å²) in [5.74, 6) is 0.990. The Bertz CT molecular complexity index is 1260. The molecule has 0 aliphatic rings. The van der Waals surface area contributed by atoms with Crippen LogP contribution in [0, 0.1) is 21.4 Å². The van der Waals surface area contributed by atoms with Gasteiger partial charge in [-0.05, 0) is 72.7 Å². The highest BCUT2D eigenvalue weighted by Crippen LogP contribution is 2.30. The Balaban J connectivity index is 1.69. The summed E-state index contributed by atoms with van der Waals surface area (Å²) < 4.78 is 16.6. The van der Waals surface area contributed by atoms with Crippen molar-refractivity contribution in [1.29, 1.82) is 5.26 Å². The number of nitrogens with zero attached hydrogens (tertiary/aromatic N) is 2. The number of nitro benzene ring substituents is 1. The van der Waals surface area contributed by atoms with Crippen molar-refractivity contribution in [3.8, 4) is 23.3 Å². The molecule has 9 heteroatoms. The first kappa shape index (κ1) is 24.8. The van der Waals surface area contributed by atoms with Crippen LogP contribution in [0.15, 0.2) is 72.3 Å². The summed E-state index contributed by atoms with van der Waals surface area (Å²) >= 11 is 0. The maximum Gasteiger partial charge on any atom is 0.269 e. The first-order valence-electron chi connectivity index (χ1n) is 10.6. The number of carbonyl (C=O) groups excluding carboxylic acids is 1. The predicted molar refractivity (Wildman–Crippen MR) is 130 cm³/mol. The molecule has 3 aromatic carbocycles. The number of rotatable bonds is 10. The average molecular weight is 473 g/mol. The molecule has 0 unspecified atom stereocenters. The average Bonchev–Trinajstić information content (AvgIpc) is 2.87. The zero-order valence-corrected chi connectivity index (χ0v) is 19.2. The Morgan fingerprint density at radius 3 is 2.37 bits per heavy atom. The van der Waals surface area contributed by atoms with E-state index in [2.05, 4.69) is 5.32 Å². The van der Waals surface area contributed by atoms with Crippen molar-refractivity contribution in [2.75, 3.05) is 19.0 Å². The second-order valence-electron chi connectivity index (χ2n) is 7.20. The maximum absolute atomic E-state index is 12.6. The number of hydrogen-bond donors (Lipinski definition) is 1. The Hall–Kier alpha value is -4.84. The van der Waals surface area contributed by atoms with Gasteiger partial charge in [0.25, 0.3) is 11.6 Å². The first-order chi connectivity index (χ1) is 16.9. The molecule has 0 heterocycles. The third-order valence-electron chi connectivity index (χ3n) is 4.83. The van der Waals surface area contributed by atoms with Gasteiger partial charge in [0.2, 0.25) is 0 Å². The number of anilines is 1. The molecule has 0 saturated heterocycles. The zero-order chi connectivity index (χ0) is 25.2. The van der Waals surface area contributed by atoms with Gasteiger partial charge in [-0.1, -0.05) is 6.07 Å². The minimum Gasteiger partial charge on any atom is -0.494 e. The van der Waals surface area contributed by atoms with Crippen LogP contribution in [0.2, 0.25) is 0 Å². The van der Waals surface area contributed by atoms with Crippen molar-refractivity contribution in [1.82, 2.24) is 0 Å². The standard InChI is InChI=1S/C26H23N3O6/c1-3-34-23-11-7-21(8-12-23)28-26(30)20(16-27)14-19-6-13-24(25(15-19)33-2)35-17-18-4-9-22(10-5-18)29(31)32/h4-15H,3,17H2,1-2H3,(H,28,30)/b20-14-. The Morgan fingerprint density at radius 1 is 1.06 bits per heavy atom. The number of nitriles is 1. The van der Waals surface area contributed by atoms with Gasteiger partial charge in [-0.25, -0.2) is 0 Å². The van der Waals surface area contributed by atoms with Crippen molar-refractivity contribution in [2.45, 2.75) is 13.5 Å². The van der Waals surface area contributed by atoms with Crippen LogP contribution in [0.1, 0.15) is 18.1 Å². The van der Waals surface area contributed by atoms with Crippen LogP contribution in [-0.2, 0) is 11.4 Å². The van der Waals surface area contributed by atoms with Crippen LogP contribution in [0.4, 0.5) is 11.4 Å². The van der Waals surface area contributed by atoms with E-state index in [1.54, 1.807) is 54.6 Å². The topological polar surface area (TPSA) is 124 Å². The second kappa shape index (κ2) is 11.9. The molecule has 0 spiro atoms. The van der Waals surface area contributed by atoms with Crippen LogP contribution < -0.4 is 19.5 Å². The fourth-order valence-electron chi connectivity index (χ4n) is 3.08. The largest absolute Gasteiger partial charge is 0.494 e. The van der Waals surface area contributed by atoms with Crippen LogP contribution in [-0.4, -0.2) is 24.5 Å². The lowest BCUT2D eigenvalue weighted by molar-refractivity contribution is -0.384. The minimum atomic E-state index is -0.547. The highest BCUT2D eigenvalue weighted by atomic mass is 16.6. The fraction of sp³-hybridized carbons (Fsp3) is 0.154. The summed E-state index contributed by atoms with van der Waals surface area (Å²) in [6.45, 7) is 2.60. The van der Waals surface area contributed by atoms with Crippen molar-refractivity contribution < 1.29 is 23.9 Å². The molecular weight excluding hydrogens is 450 g/mol. The molecule has 0 atom stereocenters. The molecule has 3 aromatic rings. The van der Waals surface area contributed by atoms with Crippen LogP contribution in [0.3, 0.4) is 0 Å². The van der Waals surface area contributed by atoms with Gasteiger partial charge in [0, 0.05) is 17.8 Å². The van der Waals surface area contributed by atoms with Crippen molar-refractivity contribution in [3.63, 3.8) is 0 Å². The third-order valence-corrected chi connectivity index (χ3v) is 4.83. The number of non-ortho nitro benzene ring substituents is 1. The molecule has 1 amide bonds. The number of amides is 1. The monoisotopic (exact) mass is 473 g/mol. The van der Waals surface area contributed by atoms with Crippen LogP contribution in [0.5, 0.6) is 17.2 Å². The number of nitrogens with one attached hydrogen (secondary N) is 1. The van der Waals surface area contributed by atoms with Gasteiger partial charge >= 0.3 is 0 Å². The molecule has 35 heavy (non-hydrogen) atoms. The highest BCUT2D eigenvalue weighted by molar-refractivity contribution is 6.09. The summed E-state index contributed by atoms with van der Waals surface area (Å²) in [6.07, 6.45) is 1.45. The van der Waals surface area contributed by atoms with E-state index in [1.807, 2.05) is 13.0 Å². The van der Waals surface area contributed by atoms with Gasteiger partial charge in [-0.3, -0.25) is 14.9 Å². The maximum atomic E-state index is 12.6. The molecule has 0 aliphatic carbocycles. The second-order valence-corrected chi connectivity index (χ2v) is 7.20. The lowest BCUT2D eigenvalue weighted by atomic mass is 10.1. The normalized spacial score (nSPS) is 10.7. The number of methoxy groups -OCH3 is 1. The molecule has 3 rings (SSSR count). The molecule has 0 aromatic heterocycles. The van der Waals surface area contributed by atoms with E-state index >= 15 is 0 Å². The molecule has 1 N–H and O–H groups in total. The number of hydrogen-bond acceptors (Lipinski definition) is 7. The van der Waals surface area contributed by atoms with Gasteiger partial charge in [-0.15, -0.1) is 0 Å². The molecule has 0 aliphatic heterocycles. The van der Waals surface area contributed by atoms with Gasteiger partial charge < -0.3 is 19.5 Å². The third kappa shape index (κ3) is 6.82. The van der Waals surface area contributed by atoms with Gasteiger partial charge in [0.05, 0.1) is 18.6 Å². The molecule has 178 valence electrons. The van der Waals surface area contributed by atoms with Crippen LogP contribution >= 0.6 is 0 Å². The molecule has 0 radical (unpaired) electrons. The van der Waals surface area contributed by atoms with Gasteiger partial charge in [0.1, 0.15) is 24.0 Å². The lowest BCUT2D eigenvalue weighted by Crippen LogP contribution is -2.13. The summed E-state index contributed by atoms with van der Waals surface area (Å²) in [5, 5.41) is 23.0. The number of nitro groups is 1. The van der Waals surface area contributed by atoms with E-state index < -0.39 is 10.8 Å². The Morgan fingerprint density at radius 2 is 1.77 bits per heavy atom. The highest BCUT2D eigenvalue weighted by Gasteiger charge is 2.12. The van der Waals surface area contributed by atoms with E-state index in [4.69, 9.17) is 14.2 Å². The fourth-order valence-corrected chi connectivity index (χ4v) is 3.08. The van der Waals surface area contributed by atoms with E-state index in [1.165, 1.54) is 25.3 Å². The number of ether oxygens (including phenoxy) is 3. The van der Waals surface area contributed by atoms with Crippen molar-refractivity contribution in [2.24, 2.45) is 0 Å². The summed E-state index contributed by atoms with van der Waals surface area (Å²) in [7, 11) is 1.48. The zero-order valence-electron chi connectivity index (χ0n) is 19.2. The quantitative estimate of drug-likeness (QED) is 0.187. The van der Waals surface area contributed by atoms with E-state index in [9.17, 15) is 20.2 Å². The van der Waals surface area contributed by atoms with Crippen molar-refractivity contribution in [3.05, 3.63) is 93.5 Å². The SMILES string of the molecule is CCOc1ccc(NC(=O)/C(C#N)=C\c2ccc(OCc3ccc([N+](=O)[O-])cc3)c(OC)c2)cc1. The van der Waals surface area contributed by atoms with E-state index in [-0.39, 0.29) is 17.9 Å². The van der Waals surface area contributed by atoms with Crippen molar-refractivity contribution >= 4 is 23.4 Å². The van der Waals surface area contributed by atoms with E-state index in [0.717, 1.165) is 5.56 Å². The molecule has 0 bridgehead atoms. The summed E-state index contributed by atoms with van der Waals surface area (Å²) in [4.78, 5) is 22.9. The lowest BCUT2D eigenvalue weighted by Gasteiger charge is -2.12. The Kier molecular flexibility index (Phi) is 8.40. The van der Waals surface area contributed by atoms with Gasteiger partial charge in [0.15, 0.2) is 11.5 Å². The van der Waals surface area contributed by atoms with Gasteiger partial charge in [-0.2, -0.15) is 5.26 Å². The van der Waals surface area contributed by atoms with E-state index in [0.29, 0.717) is 35.1 Å². The summed E-state index contributed by atoms with van der Waals surface area (Å²) in [6, 6.07) is 19.8. The molecule has 0 saturated carbocycles. The first-order valence-corrected chi connectivity index (χ1v) is 10.6. The molecular formula is C26H23N3O6. The van der Waals surface area contributed by atoms with Crippen LogP contribution in [0.25, 0.3) is 6.08 Å². The smallest absolute Gasteiger partial charge is 0.269 e. The summed E-state index contributed by atoms with van der Waals surface area (Å²) in [5.41, 5.74) is 1.78. The minimum absolute atomic E-state index is 0.00216. The number of benzene rings is 3. The Labute approximate surface area is 202 Å².